The molecular weight excluding hydrogens is 576 g/mol. The molecule has 0 aromatic heterocycles. The third-order valence-electron chi connectivity index (χ3n) is 4.48. The van der Waals surface area contributed by atoms with E-state index in [0.717, 1.165) is 22.3 Å². The maximum Gasteiger partial charge on any atom is 0.274 e. The van der Waals surface area contributed by atoms with Gasteiger partial charge in [0.1, 0.15) is 9.24 Å². The number of rotatable bonds is 3. The Morgan fingerprint density at radius 2 is 1.38 bits per heavy atom. The number of halogens is 3. The molecule has 2 aliphatic rings. The van der Waals surface area contributed by atoms with E-state index in [0.29, 0.717) is 38.8 Å². The summed E-state index contributed by atoms with van der Waals surface area (Å²) in [6, 6.07) is 6.81. The molecule has 0 aliphatic carbocycles. The summed E-state index contributed by atoms with van der Waals surface area (Å²) in [6.45, 7) is 2.94. The van der Waals surface area contributed by atoms with Gasteiger partial charge in [-0.3, -0.25) is 30.2 Å². The topological polar surface area (TPSA) is 111 Å². The molecule has 0 saturated carbocycles. The summed E-state index contributed by atoms with van der Waals surface area (Å²) in [6.07, 6.45) is 0. The first kappa shape index (κ1) is 21.7. The summed E-state index contributed by atoms with van der Waals surface area (Å²) in [5.41, 5.74) is 5.40. The van der Waals surface area contributed by atoms with Gasteiger partial charge >= 0.3 is 0 Å². The fourth-order valence-electron chi connectivity index (χ4n) is 3.04. The summed E-state index contributed by atoms with van der Waals surface area (Å²) < 4.78 is 1.40. The van der Waals surface area contributed by atoms with Gasteiger partial charge < -0.3 is 0 Å². The third-order valence-corrected chi connectivity index (χ3v) is 6.44. The van der Waals surface area contributed by atoms with Crippen molar-refractivity contribution in [3.63, 3.8) is 0 Å². The van der Waals surface area contributed by atoms with Crippen molar-refractivity contribution < 1.29 is 9.85 Å². The van der Waals surface area contributed by atoms with Gasteiger partial charge in [0.2, 0.25) is 0 Å². The summed E-state index contributed by atoms with van der Waals surface area (Å²) >= 11 is 9.80. The lowest BCUT2D eigenvalue weighted by Crippen LogP contribution is -1.98. The molecule has 2 heterocycles. The number of hydrogen-bond donors (Lipinski definition) is 0. The predicted octanol–water partition coefficient (Wildman–Crippen LogP) is 5.70. The van der Waals surface area contributed by atoms with Crippen LogP contribution in [0.4, 0.5) is 11.4 Å². The molecule has 0 saturated heterocycles. The Hall–Kier alpha value is -1.98. The number of benzene rings is 2. The molecule has 0 unspecified atom stereocenters. The lowest BCUT2D eigenvalue weighted by atomic mass is 10.1. The normalized spacial score (nSPS) is 13.7. The van der Waals surface area contributed by atoms with Crippen LogP contribution in [-0.2, 0) is 18.4 Å². The second-order valence-corrected chi connectivity index (χ2v) is 8.36. The largest absolute Gasteiger partial charge is 0.274 e. The van der Waals surface area contributed by atoms with Crippen LogP contribution in [0.3, 0.4) is 0 Å². The molecule has 0 atom stereocenters. The van der Waals surface area contributed by atoms with Crippen molar-refractivity contribution >= 4 is 68.4 Å². The van der Waals surface area contributed by atoms with Crippen LogP contribution >= 0.6 is 47.8 Å². The van der Waals surface area contributed by atoms with Gasteiger partial charge in [-0.15, -0.1) is 0 Å². The van der Waals surface area contributed by atoms with Gasteiger partial charge in [-0.2, -0.15) is 0 Å². The smallest absolute Gasteiger partial charge is 0.272 e. The van der Waals surface area contributed by atoms with Crippen LogP contribution in [-0.4, -0.2) is 19.1 Å². The van der Waals surface area contributed by atoms with Crippen LogP contribution in [0.2, 0.25) is 0 Å². The standard InChI is InChI=1S/C9H6Br2N2O2.C9H7BrN2O2/c10-3-5-1-6-4-12-9(11)7(6)2-8(5)13(14)15;1-5-2-6-4-11-9(10)7(6)3-8(5)12(13)14/h1-2H,3-4H2;2-3H,4H2,1H3. The van der Waals surface area contributed by atoms with Gasteiger partial charge in [-0.05, 0) is 62.0 Å². The van der Waals surface area contributed by atoms with Crippen LogP contribution in [0.1, 0.15) is 33.4 Å². The molecule has 29 heavy (non-hydrogen) atoms. The first-order valence-electron chi connectivity index (χ1n) is 8.27. The van der Waals surface area contributed by atoms with Crippen LogP contribution in [0, 0.1) is 27.2 Å². The van der Waals surface area contributed by atoms with E-state index >= 15 is 0 Å². The van der Waals surface area contributed by atoms with E-state index in [-0.39, 0.29) is 21.2 Å². The number of nitro benzene ring substituents is 2. The SMILES string of the molecule is Cc1cc2c(cc1[N+](=O)[O-])C(Br)=NC2.O=[N+]([O-])c1cc2c(cc1CBr)CN=C2Br. The molecule has 0 fully saturated rings. The molecule has 0 spiro atoms. The maximum atomic E-state index is 10.8. The first-order valence-corrected chi connectivity index (χ1v) is 11.0. The minimum absolute atomic E-state index is 0.139. The van der Waals surface area contributed by atoms with Crippen molar-refractivity contribution in [3.05, 3.63) is 77.9 Å². The molecule has 2 aliphatic heterocycles. The van der Waals surface area contributed by atoms with Crippen molar-refractivity contribution in [2.75, 3.05) is 0 Å². The maximum absolute atomic E-state index is 10.8. The molecule has 0 amide bonds. The minimum atomic E-state index is -0.367. The molecule has 2 aromatic rings. The minimum Gasteiger partial charge on any atom is -0.272 e. The summed E-state index contributed by atoms with van der Waals surface area (Å²) in [7, 11) is 0. The number of alkyl halides is 1. The van der Waals surface area contributed by atoms with Crippen LogP contribution < -0.4 is 0 Å². The van der Waals surface area contributed by atoms with Gasteiger partial charge in [0.25, 0.3) is 11.4 Å². The van der Waals surface area contributed by atoms with Crippen molar-refractivity contribution in [1.82, 2.24) is 0 Å². The summed E-state index contributed by atoms with van der Waals surface area (Å²) in [5, 5.41) is 22.0. The molecule has 0 N–H and O–H groups in total. The van der Waals surface area contributed by atoms with E-state index in [1.165, 1.54) is 0 Å². The molecule has 0 bridgehead atoms. The predicted molar refractivity (Wildman–Crippen MR) is 122 cm³/mol. The zero-order valence-electron chi connectivity index (χ0n) is 15.0. The van der Waals surface area contributed by atoms with Crippen molar-refractivity contribution in [1.29, 1.82) is 0 Å². The van der Waals surface area contributed by atoms with E-state index in [1.807, 2.05) is 12.1 Å². The number of aliphatic imine (C=N–C) groups is 2. The molecular formula is C18H13Br3N4O4. The molecule has 11 heteroatoms. The summed E-state index contributed by atoms with van der Waals surface area (Å²) in [4.78, 5) is 29.1. The highest BCUT2D eigenvalue weighted by Crippen LogP contribution is 2.31. The van der Waals surface area contributed by atoms with E-state index in [4.69, 9.17) is 0 Å². The molecule has 4 rings (SSSR count). The Bertz CT molecular complexity index is 1100. The number of hydrogen-bond acceptors (Lipinski definition) is 6. The highest BCUT2D eigenvalue weighted by atomic mass is 79.9. The van der Waals surface area contributed by atoms with E-state index in [1.54, 1.807) is 19.1 Å². The average Bonchev–Trinajstić information content (AvgIpc) is 3.22. The zero-order valence-corrected chi connectivity index (χ0v) is 19.7. The molecule has 8 nitrogen and oxygen atoms in total. The Morgan fingerprint density at radius 3 is 1.86 bits per heavy atom. The Balaban J connectivity index is 0.000000166. The van der Waals surface area contributed by atoms with Gasteiger partial charge in [-0.1, -0.05) is 15.9 Å². The van der Waals surface area contributed by atoms with Gasteiger partial charge in [0, 0.05) is 39.7 Å². The number of nitro groups is 2. The zero-order chi connectivity index (χ0) is 21.3. The van der Waals surface area contributed by atoms with Gasteiger partial charge in [0.05, 0.1) is 22.9 Å². The molecule has 150 valence electrons. The van der Waals surface area contributed by atoms with Crippen molar-refractivity contribution in [2.45, 2.75) is 25.3 Å². The fraction of sp³-hybridized carbons (Fsp3) is 0.222. The van der Waals surface area contributed by atoms with Crippen LogP contribution in [0.15, 0.2) is 34.3 Å². The van der Waals surface area contributed by atoms with Crippen molar-refractivity contribution in [3.8, 4) is 0 Å². The molecule has 0 radical (unpaired) electrons. The monoisotopic (exact) mass is 586 g/mol. The second kappa shape index (κ2) is 8.80. The molecule has 2 aromatic carbocycles. The first-order chi connectivity index (χ1) is 13.7. The summed E-state index contributed by atoms with van der Waals surface area (Å²) in [5.74, 6) is 0. The fourth-order valence-corrected chi connectivity index (χ4v) is 4.48. The lowest BCUT2D eigenvalue weighted by molar-refractivity contribution is -0.385. The highest BCUT2D eigenvalue weighted by Gasteiger charge is 2.22. The average molecular weight is 589 g/mol. The number of aryl methyl sites for hydroxylation is 1. The third kappa shape index (κ3) is 4.46. The number of fused-ring (bicyclic) bond motifs is 2. The highest BCUT2D eigenvalue weighted by molar-refractivity contribution is 9.18. The quantitative estimate of drug-likeness (QED) is 0.260. The Kier molecular flexibility index (Phi) is 6.59. The van der Waals surface area contributed by atoms with E-state index in [9.17, 15) is 20.2 Å². The van der Waals surface area contributed by atoms with E-state index in [2.05, 4.69) is 57.8 Å². The van der Waals surface area contributed by atoms with Gasteiger partial charge in [-0.25, -0.2) is 0 Å². The van der Waals surface area contributed by atoms with Crippen LogP contribution in [0.25, 0.3) is 0 Å². The second-order valence-electron chi connectivity index (χ2n) is 6.30. The van der Waals surface area contributed by atoms with Crippen LogP contribution in [0.5, 0.6) is 0 Å². The van der Waals surface area contributed by atoms with Gasteiger partial charge in [0.15, 0.2) is 0 Å². The van der Waals surface area contributed by atoms with Crippen molar-refractivity contribution in [2.24, 2.45) is 9.98 Å². The number of nitrogens with zero attached hydrogens (tertiary/aromatic N) is 4. The lowest BCUT2D eigenvalue weighted by Gasteiger charge is -2.03. The Labute approximate surface area is 190 Å². The Morgan fingerprint density at radius 1 is 0.897 bits per heavy atom. The van der Waals surface area contributed by atoms with E-state index < -0.39 is 0 Å².